The van der Waals surface area contributed by atoms with Crippen molar-refractivity contribution in [3.05, 3.63) is 71.8 Å². The van der Waals surface area contributed by atoms with Gasteiger partial charge in [-0.2, -0.15) is 0 Å². The van der Waals surface area contributed by atoms with E-state index in [4.69, 9.17) is 0 Å². The van der Waals surface area contributed by atoms with E-state index < -0.39 is 0 Å². The Morgan fingerprint density at radius 3 is 1.86 bits per heavy atom. The quantitative estimate of drug-likeness (QED) is 0.759. The van der Waals surface area contributed by atoms with E-state index in [1.165, 1.54) is 11.1 Å². The molecule has 3 nitrogen and oxygen atoms in total. The first-order valence-corrected chi connectivity index (χ1v) is 7.80. The lowest BCUT2D eigenvalue weighted by Crippen LogP contribution is -2.30. The van der Waals surface area contributed by atoms with E-state index in [1.807, 2.05) is 48.3 Å². The smallest absolute Gasteiger partial charge is 0.223 e. The average molecular weight is 296 g/mol. The molecule has 1 N–H and O–H groups in total. The molecule has 0 bridgehead atoms. The average Bonchev–Trinajstić information content (AvgIpc) is 2.56. The Balaban J connectivity index is 2.04. The van der Waals surface area contributed by atoms with Gasteiger partial charge in [-0.05, 0) is 31.1 Å². The zero-order valence-electron chi connectivity index (χ0n) is 13.2. The van der Waals surface area contributed by atoms with E-state index in [1.54, 1.807) is 0 Å². The first kappa shape index (κ1) is 16.2. The molecule has 0 fully saturated rings. The van der Waals surface area contributed by atoms with Crippen LogP contribution in [-0.4, -0.2) is 24.4 Å². The maximum absolute atomic E-state index is 12.5. The summed E-state index contributed by atoms with van der Waals surface area (Å²) in [6.07, 6.45) is 1.45. The summed E-state index contributed by atoms with van der Waals surface area (Å²) in [6.45, 7) is 2.19. The normalized spacial score (nSPS) is 10.4. The van der Waals surface area contributed by atoms with Gasteiger partial charge in [0.2, 0.25) is 5.91 Å². The Morgan fingerprint density at radius 1 is 0.909 bits per heavy atom. The van der Waals surface area contributed by atoms with Crippen LogP contribution < -0.4 is 5.32 Å². The summed E-state index contributed by atoms with van der Waals surface area (Å²) in [4.78, 5) is 14.5. The second-order valence-electron chi connectivity index (χ2n) is 5.43. The minimum Gasteiger partial charge on any atom is -0.334 e. The van der Waals surface area contributed by atoms with Gasteiger partial charge in [-0.1, -0.05) is 60.7 Å². The van der Waals surface area contributed by atoms with Crippen molar-refractivity contribution in [2.45, 2.75) is 25.9 Å². The lowest BCUT2D eigenvalue weighted by Gasteiger charge is -2.23. The number of amides is 1. The molecule has 116 valence electrons. The first-order chi connectivity index (χ1) is 10.8. The van der Waals surface area contributed by atoms with E-state index in [2.05, 4.69) is 29.6 Å². The summed E-state index contributed by atoms with van der Waals surface area (Å²) < 4.78 is 0. The fraction of sp³-hybridized carbons (Fsp3) is 0.316. The molecule has 0 heterocycles. The van der Waals surface area contributed by atoms with Gasteiger partial charge in [0.25, 0.3) is 0 Å². The summed E-state index contributed by atoms with van der Waals surface area (Å²) in [5.41, 5.74) is 2.33. The van der Waals surface area contributed by atoms with Crippen molar-refractivity contribution in [2.75, 3.05) is 13.6 Å². The lowest BCUT2D eigenvalue weighted by atomic mass is 10.1. The molecule has 2 aromatic rings. The highest BCUT2D eigenvalue weighted by Gasteiger charge is 2.14. The van der Waals surface area contributed by atoms with Gasteiger partial charge in [0.05, 0.1) is 0 Å². The number of benzene rings is 2. The third-order valence-electron chi connectivity index (χ3n) is 3.60. The van der Waals surface area contributed by atoms with E-state index in [0.717, 1.165) is 13.0 Å². The fourth-order valence-corrected chi connectivity index (χ4v) is 2.41. The third kappa shape index (κ3) is 5.34. The maximum atomic E-state index is 12.5. The summed E-state index contributed by atoms with van der Waals surface area (Å²) >= 11 is 0. The van der Waals surface area contributed by atoms with E-state index in [0.29, 0.717) is 19.5 Å². The van der Waals surface area contributed by atoms with Gasteiger partial charge in [0.1, 0.15) is 0 Å². The first-order valence-electron chi connectivity index (χ1n) is 7.80. The number of carbonyl (C=O) groups is 1. The molecule has 2 rings (SSSR count). The van der Waals surface area contributed by atoms with Crippen molar-refractivity contribution in [3.63, 3.8) is 0 Å². The highest BCUT2D eigenvalue weighted by atomic mass is 16.2. The van der Waals surface area contributed by atoms with E-state index in [-0.39, 0.29) is 5.91 Å². The Bertz CT molecular complexity index is 513. The molecule has 0 aromatic heterocycles. The van der Waals surface area contributed by atoms with Gasteiger partial charge < -0.3 is 10.2 Å². The van der Waals surface area contributed by atoms with Crippen molar-refractivity contribution in [1.29, 1.82) is 0 Å². The molecule has 22 heavy (non-hydrogen) atoms. The Morgan fingerprint density at radius 2 is 1.41 bits per heavy atom. The van der Waals surface area contributed by atoms with Gasteiger partial charge in [-0.15, -0.1) is 0 Å². The number of nitrogens with zero attached hydrogens (tertiary/aromatic N) is 1. The molecule has 0 spiro atoms. The second-order valence-corrected chi connectivity index (χ2v) is 5.43. The molecule has 3 heteroatoms. The zero-order chi connectivity index (χ0) is 15.6. The maximum Gasteiger partial charge on any atom is 0.223 e. The predicted molar refractivity (Wildman–Crippen MR) is 90.3 cm³/mol. The van der Waals surface area contributed by atoms with Crippen molar-refractivity contribution in [1.82, 2.24) is 10.2 Å². The molecule has 0 aliphatic heterocycles. The summed E-state index contributed by atoms with van der Waals surface area (Å²) in [5, 5.41) is 3.09. The molecule has 0 aliphatic rings. The Hall–Kier alpha value is -2.13. The third-order valence-corrected chi connectivity index (χ3v) is 3.60. The van der Waals surface area contributed by atoms with Crippen molar-refractivity contribution in [3.8, 4) is 0 Å². The van der Waals surface area contributed by atoms with Gasteiger partial charge in [-0.3, -0.25) is 4.79 Å². The number of hydrogen-bond acceptors (Lipinski definition) is 2. The molecule has 0 aliphatic carbocycles. The molecular weight excluding hydrogens is 272 g/mol. The minimum atomic E-state index is 0.211. The topological polar surface area (TPSA) is 32.3 Å². The molecule has 1 amide bonds. The van der Waals surface area contributed by atoms with Crippen LogP contribution in [0.5, 0.6) is 0 Å². The van der Waals surface area contributed by atoms with Crippen LogP contribution in [0, 0.1) is 0 Å². The monoisotopic (exact) mass is 296 g/mol. The van der Waals surface area contributed by atoms with Crippen LogP contribution in [0.15, 0.2) is 60.7 Å². The van der Waals surface area contributed by atoms with Crippen molar-refractivity contribution < 1.29 is 4.79 Å². The number of rotatable bonds is 8. The minimum absolute atomic E-state index is 0.211. The molecule has 0 saturated carbocycles. The molecule has 0 radical (unpaired) electrons. The zero-order valence-corrected chi connectivity index (χ0v) is 13.2. The van der Waals surface area contributed by atoms with Crippen LogP contribution in [0.2, 0.25) is 0 Å². The van der Waals surface area contributed by atoms with Crippen LogP contribution in [0.4, 0.5) is 0 Å². The van der Waals surface area contributed by atoms with Crippen LogP contribution >= 0.6 is 0 Å². The van der Waals surface area contributed by atoms with Gasteiger partial charge >= 0.3 is 0 Å². The van der Waals surface area contributed by atoms with Crippen LogP contribution in [-0.2, 0) is 17.9 Å². The van der Waals surface area contributed by atoms with Gasteiger partial charge in [-0.25, -0.2) is 0 Å². The molecule has 0 unspecified atom stereocenters. The van der Waals surface area contributed by atoms with Crippen molar-refractivity contribution in [2.24, 2.45) is 0 Å². The number of nitrogens with one attached hydrogen (secondary N) is 1. The molecule has 0 saturated heterocycles. The molecule has 0 atom stereocenters. The molecule has 2 aromatic carbocycles. The van der Waals surface area contributed by atoms with Gasteiger partial charge in [0, 0.05) is 19.5 Å². The lowest BCUT2D eigenvalue weighted by molar-refractivity contribution is -0.132. The van der Waals surface area contributed by atoms with Crippen LogP contribution in [0.25, 0.3) is 0 Å². The largest absolute Gasteiger partial charge is 0.334 e. The number of carbonyl (C=O) groups excluding carboxylic acids is 1. The Kier molecular flexibility index (Phi) is 6.65. The van der Waals surface area contributed by atoms with Gasteiger partial charge in [0.15, 0.2) is 0 Å². The predicted octanol–water partition coefficient (Wildman–Crippen LogP) is 3.22. The highest BCUT2D eigenvalue weighted by molar-refractivity contribution is 5.76. The molecular formula is C19H24N2O. The second kappa shape index (κ2) is 9.00. The standard InChI is InChI=1S/C19H24N2O/c1-20-14-8-13-19(22)21(15-17-9-4-2-5-10-17)16-18-11-6-3-7-12-18/h2-7,9-12,20H,8,13-16H2,1H3. The number of hydrogen-bond donors (Lipinski definition) is 1. The van der Waals surface area contributed by atoms with Crippen LogP contribution in [0.1, 0.15) is 24.0 Å². The fourth-order valence-electron chi connectivity index (χ4n) is 2.41. The van der Waals surface area contributed by atoms with Crippen LogP contribution in [0.3, 0.4) is 0 Å². The summed E-state index contributed by atoms with van der Waals surface area (Å²) in [6, 6.07) is 20.3. The van der Waals surface area contributed by atoms with Crippen molar-refractivity contribution >= 4 is 5.91 Å². The van der Waals surface area contributed by atoms with E-state index in [9.17, 15) is 4.79 Å². The summed E-state index contributed by atoms with van der Waals surface area (Å²) in [7, 11) is 1.91. The van der Waals surface area contributed by atoms with E-state index >= 15 is 0 Å². The highest BCUT2D eigenvalue weighted by Crippen LogP contribution is 2.12. The SMILES string of the molecule is CNCCCC(=O)N(Cc1ccccc1)Cc1ccccc1. The summed E-state index contributed by atoms with van der Waals surface area (Å²) in [5.74, 6) is 0.211. The Labute approximate surface area is 133 Å².